The maximum absolute atomic E-state index is 13.8. The average molecular weight is 554 g/mol. The highest BCUT2D eigenvalue weighted by molar-refractivity contribution is 5.85. The molecule has 10 heteroatoms. The van der Waals surface area contributed by atoms with E-state index in [2.05, 4.69) is 5.32 Å². The van der Waals surface area contributed by atoms with Gasteiger partial charge in [0.25, 0.3) is 5.91 Å². The number of nitrogens with one attached hydrogen (secondary N) is 1. The summed E-state index contributed by atoms with van der Waals surface area (Å²) in [5.74, 6) is -1.48. The van der Waals surface area contributed by atoms with Gasteiger partial charge in [-0.05, 0) is 55.2 Å². The summed E-state index contributed by atoms with van der Waals surface area (Å²) in [5, 5.41) is 2.96. The lowest BCUT2D eigenvalue weighted by Gasteiger charge is -2.43. The van der Waals surface area contributed by atoms with E-state index < -0.39 is 47.3 Å². The zero-order valence-electron chi connectivity index (χ0n) is 22.5. The molecule has 0 unspecified atom stereocenters. The third kappa shape index (κ3) is 7.36. The summed E-state index contributed by atoms with van der Waals surface area (Å²) in [4.78, 5) is 13.6. The number of halogens is 4. The third-order valence-electron chi connectivity index (χ3n) is 6.88. The Balaban J connectivity index is 1.58. The van der Waals surface area contributed by atoms with Crippen LogP contribution in [0, 0.1) is 11.7 Å². The SMILES string of the molecule is CC(C)CNC(=O)[C@@]1(OCc2cccc(F)c2)C[C@H](OCc2ccc(C(F)(F)F)cc2)[C@@H]2OC(C)(C)O[C@@H]2C1. The van der Waals surface area contributed by atoms with E-state index >= 15 is 0 Å². The minimum atomic E-state index is -4.43. The van der Waals surface area contributed by atoms with Gasteiger partial charge in [-0.2, -0.15) is 13.2 Å². The van der Waals surface area contributed by atoms with Crippen LogP contribution in [-0.4, -0.2) is 42.2 Å². The van der Waals surface area contributed by atoms with Gasteiger partial charge in [0.15, 0.2) is 11.4 Å². The third-order valence-corrected chi connectivity index (χ3v) is 6.88. The number of fused-ring (bicyclic) bond motifs is 1. The molecule has 1 amide bonds. The molecule has 1 aliphatic heterocycles. The Morgan fingerprint density at radius 2 is 1.77 bits per heavy atom. The van der Waals surface area contributed by atoms with Crippen molar-refractivity contribution in [3.05, 3.63) is 71.0 Å². The predicted molar refractivity (Wildman–Crippen MR) is 135 cm³/mol. The van der Waals surface area contributed by atoms with Gasteiger partial charge in [0.1, 0.15) is 11.9 Å². The quantitative estimate of drug-likeness (QED) is 0.400. The number of rotatable bonds is 9. The first-order chi connectivity index (χ1) is 18.3. The van der Waals surface area contributed by atoms with Gasteiger partial charge in [-0.15, -0.1) is 0 Å². The van der Waals surface area contributed by atoms with Gasteiger partial charge in [-0.1, -0.05) is 38.1 Å². The number of carbonyl (C=O) groups is 1. The molecule has 1 N–H and O–H groups in total. The van der Waals surface area contributed by atoms with Crippen LogP contribution >= 0.6 is 0 Å². The Hall–Kier alpha value is -2.53. The van der Waals surface area contributed by atoms with E-state index in [4.69, 9.17) is 18.9 Å². The van der Waals surface area contributed by atoms with Crippen LogP contribution in [0.2, 0.25) is 0 Å². The molecule has 214 valence electrons. The molecule has 1 aliphatic carbocycles. The average Bonchev–Trinajstić information content (AvgIpc) is 3.18. The second-order valence-electron chi connectivity index (χ2n) is 11.1. The Morgan fingerprint density at radius 1 is 1.05 bits per heavy atom. The first-order valence-electron chi connectivity index (χ1n) is 13.1. The molecular formula is C29H35F4NO5. The predicted octanol–water partition coefficient (Wildman–Crippen LogP) is 5.77. The van der Waals surface area contributed by atoms with E-state index in [1.54, 1.807) is 26.0 Å². The summed E-state index contributed by atoms with van der Waals surface area (Å²) >= 11 is 0. The molecular weight excluding hydrogens is 518 g/mol. The number of alkyl halides is 3. The smallest absolute Gasteiger partial charge is 0.371 e. The lowest BCUT2D eigenvalue weighted by molar-refractivity contribution is -0.183. The Bertz CT molecular complexity index is 1140. The lowest BCUT2D eigenvalue weighted by atomic mass is 9.78. The Morgan fingerprint density at radius 3 is 2.41 bits per heavy atom. The molecule has 0 bridgehead atoms. The van der Waals surface area contributed by atoms with Gasteiger partial charge in [-0.3, -0.25) is 4.79 Å². The first-order valence-corrected chi connectivity index (χ1v) is 13.1. The van der Waals surface area contributed by atoms with Crippen molar-refractivity contribution in [1.29, 1.82) is 0 Å². The molecule has 1 heterocycles. The second kappa shape index (κ2) is 11.5. The molecule has 39 heavy (non-hydrogen) atoms. The molecule has 4 rings (SSSR count). The second-order valence-corrected chi connectivity index (χ2v) is 11.1. The molecule has 1 saturated carbocycles. The van der Waals surface area contributed by atoms with Gasteiger partial charge in [0.05, 0.1) is 31.0 Å². The number of ether oxygens (including phenoxy) is 4. The normalized spacial score (nSPS) is 26.4. The summed E-state index contributed by atoms with van der Waals surface area (Å²) in [6.45, 7) is 7.91. The van der Waals surface area contributed by atoms with Crippen molar-refractivity contribution >= 4 is 5.91 Å². The Labute approximate surface area is 226 Å². The zero-order valence-corrected chi connectivity index (χ0v) is 22.5. The fourth-order valence-corrected chi connectivity index (χ4v) is 5.01. The summed E-state index contributed by atoms with van der Waals surface area (Å²) < 4.78 is 77.5. The minimum Gasteiger partial charge on any atom is -0.371 e. The van der Waals surface area contributed by atoms with Gasteiger partial charge >= 0.3 is 6.18 Å². The van der Waals surface area contributed by atoms with Crippen molar-refractivity contribution in [3.63, 3.8) is 0 Å². The van der Waals surface area contributed by atoms with Gasteiger partial charge < -0.3 is 24.3 Å². The minimum absolute atomic E-state index is 0.00338. The van der Waals surface area contributed by atoms with E-state index in [0.717, 1.165) is 12.1 Å². The number of benzene rings is 2. The van der Waals surface area contributed by atoms with E-state index in [1.165, 1.54) is 24.3 Å². The summed E-state index contributed by atoms with van der Waals surface area (Å²) in [6.07, 6.45) is -5.83. The topological polar surface area (TPSA) is 66.0 Å². The van der Waals surface area contributed by atoms with Crippen molar-refractivity contribution in [2.45, 2.75) is 89.6 Å². The van der Waals surface area contributed by atoms with Crippen molar-refractivity contribution < 1.29 is 41.3 Å². The largest absolute Gasteiger partial charge is 0.416 e. The zero-order chi connectivity index (χ0) is 28.4. The molecule has 2 aromatic rings. The monoisotopic (exact) mass is 553 g/mol. The molecule has 2 aromatic carbocycles. The summed E-state index contributed by atoms with van der Waals surface area (Å²) in [6, 6.07) is 10.7. The molecule has 4 atom stereocenters. The molecule has 0 radical (unpaired) electrons. The summed E-state index contributed by atoms with van der Waals surface area (Å²) in [5.41, 5.74) is -1.00. The van der Waals surface area contributed by atoms with E-state index in [1.807, 2.05) is 13.8 Å². The van der Waals surface area contributed by atoms with Crippen LogP contribution in [0.25, 0.3) is 0 Å². The molecule has 0 spiro atoms. The van der Waals surface area contributed by atoms with Crippen LogP contribution < -0.4 is 5.32 Å². The van der Waals surface area contributed by atoms with Crippen molar-refractivity contribution in [1.82, 2.24) is 5.32 Å². The number of hydrogen-bond donors (Lipinski definition) is 1. The standard InChI is InChI=1S/C29H35F4NO5/c1-18(2)15-34-26(35)28(37-17-20-6-5-7-22(30)12-20)13-23(25-24(14-28)38-27(3,4)39-25)36-16-19-8-10-21(11-9-19)29(31,32)33/h5-12,18,23-25H,13-17H2,1-4H3,(H,34,35)/t23-,24+,25-,28+/m0/s1. The number of hydrogen-bond acceptors (Lipinski definition) is 5. The van der Waals surface area contributed by atoms with Gasteiger partial charge in [0.2, 0.25) is 0 Å². The highest BCUT2D eigenvalue weighted by Crippen LogP contribution is 2.44. The van der Waals surface area contributed by atoms with Crippen molar-refractivity contribution in [3.8, 4) is 0 Å². The molecule has 2 aliphatic rings. The highest BCUT2D eigenvalue weighted by atomic mass is 19.4. The fourth-order valence-electron chi connectivity index (χ4n) is 5.01. The molecule has 0 aromatic heterocycles. The van der Waals surface area contributed by atoms with Crippen LogP contribution in [0.3, 0.4) is 0 Å². The van der Waals surface area contributed by atoms with Crippen molar-refractivity contribution in [2.75, 3.05) is 6.54 Å². The molecule has 6 nitrogen and oxygen atoms in total. The maximum atomic E-state index is 13.8. The van der Waals surface area contributed by atoms with E-state index in [-0.39, 0.29) is 37.9 Å². The van der Waals surface area contributed by atoms with E-state index in [0.29, 0.717) is 17.7 Å². The molecule has 2 fully saturated rings. The van der Waals surface area contributed by atoms with Crippen LogP contribution in [0.4, 0.5) is 17.6 Å². The number of amides is 1. The van der Waals surface area contributed by atoms with Crippen LogP contribution in [0.1, 0.15) is 57.2 Å². The molecule has 1 saturated heterocycles. The lowest BCUT2D eigenvalue weighted by Crippen LogP contribution is -2.60. The van der Waals surface area contributed by atoms with Crippen molar-refractivity contribution in [2.24, 2.45) is 5.92 Å². The first kappa shape index (κ1) is 29.5. The Kier molecular flexibility index (Phi) is 8.70. The fraction of sp³-hybridized carbons (Fsp3) is 0.552. The number of carbonyl (C=O) groups excluding carboxylic acids is 1. The van der Waals surface area contributed by atoms with E-state index in [9.17, 15) is 22.4 Å². The maximum Gasteiger partial charge on any atom is 0.416 e. The van der Waals surface area contributed by atoms with Crippen LogP contribution in [-0.2, 0) is 43.1 Å². The van der Waals surface area contributed by atoms with Gasteiger partial charge in [-0.25, -0.2) is 4.39 Å². The highest BCUT2D eigenvalue weighted by Gasteiger charge is 2.58. The van der Waals surface area contributed by atoms with Crippen LogP contribution in [0.5, 0.6) is 0 Å². The summed E-state index contributed by atoms with van der Waals surface area (Å²) in [7, 11) is 0. The van der Waals surface area contributed by atoms with Crippen LogP contribution in [0.15, 0.2) is 48.5 Å². The van der Waals surface area contributed by atoms with Gasteiger partial charge in [0, 0.05) is 19.4 Å².